The second-order valence-corrected chi connectivity index (χ2v) is 7.88. The number of rotatable bonds is 5. The van der Waals surface area contributed by atoms with E-state index in [9.17, 15) is 0 Å². The third-order valence-corrected chi connectivity index (χ3v) is 5.69. The lowest BCUT2D eigenvalue weighted by Gasteiger charge is -2.09. The van der Waals surface area contributed by atoms with Gasteiger partial charge in [0.25, 0.3) is 0 Å². The number of nitrogens with zero attached hydrogens (tertiary/aromatic N) is 3. The van der Waals surface area contributed by atoms with Crippen LogP contribution in [0, 0.1) is 0 Å². The van der Waals surface area contributed by atoms with Crippen LogP contribution in [0.15, 0.2) is 90.6 Å². The predicted octanol–water partition coefficient (Wildman–Crippen LogP) is 5.75. The van der Waals surface area contributed by atoms with Crippen LogP contribution in [-0.4, -0.2) is 14.5 Å². The monoisotopic (exact) mass is 381 g/mol. The molecule has 0 atom stereocenters. The van der Waals surface area contributed by atoms with E-state index in [1.54, 1.807) is 11.3 Å². The first-order chi connectivity index (χ1) is 13.8. The van der Waals surface area contributed by atoms with E-state index in [2.05, 4.69) is 94.1 Å². The Morgan fingerprint density at radius 2 is 1.54 bits per heavy atom. The summed E-state index contributed by atoms with van der Waals surface area (Å²) in [6.07, 6.45) is 4.97. The Morgan fingerprint density at radius 1 is 0.750 bits per heavy atom. The van der Waals surface area contributed by atoms with E-state index < -0.39 is 0 Å². The fourth-order valence-electron chi connectivity index (χ4n) is 3.39. The fraction of sp³-hybridized carbons (Fsp3) is 0.0833. The van der Waals surface area contributed by atoms with E-state index in [1.165, 1.54) is 21.6 Å². The number of imidazole rings is 1. The summed E-state index contributed by atoms with van der Waals surface area (Å²) in [4.78, 5) is 10.7. The molecule has 0 radical (unpaired) electrons. The summed E-state index contributed by atoms with van der Waals surface area (Å²) < 4.78 is 2.17. The van der Waals surface area contributed by atoms with Crippen molar-refractivity contribution in [1.82, 2.24) is 14.5 Å². The fourth-order valence-corrected chi connectivity index (χ4v) is 4.09. The smallest absolute Gasteiger partial charge is 0.135 e. The topological polar surface area (TPSA) is 30.7 Å². The van der Waals surface area contributed by atoms with Gasteiger partial charge in [-0.25, -0.2) is 9.97 Å². The molecule has 4 heteroatoms. The second-order valence-electron chi connectivity index (χ2n) is 6.85. The highest BCUT2D eigenvalue weighted by molar-refractivity contribution is 7.09. The molecule has 0 saturated heterocycles. The van der Waals surface area contributed by atoms with Gasteiger partial charge in [0, 0.05) is 30.2 Å². The van der Waals surface area contributed by atoms with Crippen LogP contribution in [0.5, 0.6) is 0 Å². The maximum Gasteiger partial charge on any atom is 0.135 e. The Balaban J connectivity index is 1.34. The minimum absolute atomic E-state index is 0.799. The van der Waals surface area contributed by atoms with Gasteiger partial charge in [-0.05, 0) is 34.2 Å². The molecule has 0 bridgehead atoms. The average Bonchev–Trinajstić information content (AvgIpc) is 3.38. The zero-order chi connectivity index (χ0) is 18.8. The van der Waals surface area contributed by atoms with Crippen molar-refractivity contribution in [1.29, 1.82) is 0 Å². The Kier molecular flexibility index (Phi) is 4.47. The van der Waals surface area contributed by atoms with Gasteiger partial charge in [0.15, 0.2) is 0 Å². The molecular formula is C24H19N3S. The minimum atomic E-state index is 0.799. The van der Waals surface area contributed by atoms with E-state index in [4.69, 9.17) is 4.98 Å². The van der Waals surface area contributed by atoms with Crippen molar-refractivity contribution < 1.29 is 0 Å². The van der Waals surface area contributed by atoms with E-state index in [1.807, 2.05) is 6.07 Å². The Labute approximate surface area is 168 Å². The van der Waals surface area contributed by atoms with Gasteiger partial charge >= 0.3 is 0 Å². The zero-order valence-electron chi connectivity index (χ0n) is 15.3. The van der Waals surface area contributed by atoms with Crippen LogP contribution in [-0.2, 0) is 13.0 Å². The lowest BCUT2D eigenvalue weighted by Crippen LogP contribution is -2.00. The van der Waals surface area contributed by atoms with E-state index in [0.29, 0.717) is 0 Å². The van der Waals surface area contributed by atoms with Crippen molar-refractivity contribution in [3.63, 3.8) is 0 Å². The largest absolute Gasteiger partial charge is 0.348 e. The summed E-state index contributed by atoms with van der Waals surface area (Å²) in [7, 11) is 0. The van der Waals surface area contributed by atoms with Gasteiger partial charge in [-0.15, -0.1) is 11.3 Å². The van der Waals surface area contributed by atoms with Crippen molar-refractivity contribution in [2.45, 2.75) is 13.0 Å². The normalized spacial score (nSPS) is 11.1. The lowest BCUT2D eigenvalue weighted by molar-refractivity contribution is 0.789. The molecule has 28 heavy (non-hydrogen) atoms. The number of benzene rings is 2. The molecular weight excluding hydrogens is 362 g/mol. The van der Waals surface area contributed by atoms with Crippen molar-refractivity contribution in [2.24, 2.45) is 0 Å². The molecule has 0 spiro atoms. The van der Waals surface area contributed by atoms with Crippen molar-refractivity contribution in [3.8, 4) is 22.5 Å². The second kappa shape index (κ2) is 7.41. The van der Waals surface area contributed by atoms with Crippen LogP contribution in [0.2, 0.25) is 0 Å². The van der Waals surface area contributed by atoms with Crippen LogP contribution in [0.3, 0.4) is 0 Å². The molecule has 2 aromatic carbocycles. The molecule has 136 valence electrons. The molecule has 0 fully saturated rings. The first-order valence-electron chi connectivity index (χ1n) is 9.33. The molecule has 0 unspecified atom stereocenters. The van der Waals surface area contributed by atoms with Gasteiger partial charge in [0.2, 0.25) is 0 Å². The number of pyridine rings is 1. The number of thiophene rings is 1. The van der Waals surface area contributed by atoms with Crippen LogP contribution < -0.4 is 0 Å². The first kappa shape index (κ1) is 16.9. The quantitative estimate of drug-likeness (QED) is 0.388. The van der Waals surface area contributed by atoms with Crippen molar-refractivity contribution in [2.75, 3.05) is 0 Å². The van der Waals surface area contributed by atoms with E-state index in [-0.39, 0.29) is 0 Å². The van der Waals surface area contributed by atoms with E-state index in [0.717, 1.165) is 30.2 Å². The number of fused-ring (bicyclic) bond motifs is 1. The van der Waals surface area contributed by atoms with Gasteiger partial charge in [-0.1, -0.05) is 60.7 Å². The highest BCUT2D eigenvalue weighted by Gasteiger charge is 2.12. The van der Waals surface area contributed by atoms with Crippen LogP contribution in [0.1, 0.15) is 16.3 Å². The van der Waals surface area contributed by atoms with Crippen molar-refractivity contribution >= 4 is 11.3 Å². The van der Waals surface area contributed by atoms with Gasteiger partial charge in [-0.2, -0.15) is 0 Å². The third-order valence-electron chi connectivity index (χ3n) is 4.81. The van der Waals surface area contributed by atoms with Gasteiger partial charge < -0.3 is 4.57 Å². The minimum Gasteiger partial charge on any atom is -0.348 e. The molecule has 0 amide bonds. The summed E-state index contributed by atoms with van der Waals surface area (Å²) in [6, 6.07) is 25.5. The SMILES string of the molecule is c1ccc(-c2ccc(Cn3ccc4nc(Cc5cccs5)nc-4c3)cc2)cc1. The molecule has 3 aromatic rings. The van der Waals surface area contributed by atoms with Gasteiger partial charge in [0.1, 0.15) is 11.5 Å². The maximum atomic E-state index is 4.72. The highest BCUT2D eigenvalue weighted by Crippen LogP contribution is 2.23. The summed E-state index contributed by atoms with van der Waals surface area (Å²) in [5.41, 5.74) is 5.66. The van der Waals surface area contributed by atoms with Crippen LogP contribution in [0.4, 0.5) is 0 Å². The third kappa shape index (κ3) is 3.59. The average molecular weight is 382 g/mol. The summed E-state index contributed by atoms with van der Waals surface area (Å²) in [6.45, 7) is 0.818. The highest BCUT2D eigenvalue weighted by atomic mass is 32.1. The van der Waals surface area contributed by atoms with Crippen LogP contribution in [0.25, 0.3) is 22.5 Å². The summed E-state index contributed by atoms with van der Waals surface area (Å²) in [5.74, 6) is 0.891. The Bertz CT molecular complexity index is 1140. The Morgan fingerprint density at radius 3 is 2.32 bits per heavy atom. The van der Waals surface area contributed by atoms with Crippen molar-refractivity contribution in [3.05, 3.63) is 107 Å². The predicted molar refractivity (Wildman–Crippen MR) is 115 cm³/mol. The van der Waals surface area contributed by atoms with Crippen LogP contribution >= 0.6 is 11.3 Å². The van der Waals surface area contributed by atoms with Gasteiger partial charge in [0.05, 0.1) is 5.69 Å². The molecule has 0 saturated carbocycles. The first-order valence-corrected chi connectivity index (χ1v) is 10.2. The molecule has 3 nitrogen and oxygen atoms in total. The Hall–Kier alpha value is -3.24. The molecule has 0 N–H and O–H groups in total. The van der Waals surface area contributed by atoms with Gasteiger partial charge in [-0.3, -0.25) is 0 Å². The lowest BCUT2D eigenvalue weighted by atomic mass is 10.0. The van der Waals surface area contributed by atoms with E-state index >= 15 is 0 Å². The maximum absolute atomic E-state index is 4.72. The number of aromatic nitrogens is 3. The number of hydrogen-bond donors (Lipinski definition) is 0. The molecule has 1 aromatic heterocycles. The number of hydrogen-bond acceptors (Lipinski definition) is 3. The molecule has 3 heterocycles. The molecule has 5 rings (SSSR count). The standard InChI is InChI=1S/C24H19N3S/c1-2-5-19(6-3-1)20-10-8-18(9-11-20)16-27-13-12-22-23(17-27)26-24(25-22)15-21-7-4-14-28-21/h1-14,17H,15-16H2. The molecule has 2 aliphatic heterocycles. The molecule has 0 aliphatic carbocycles. The summed E-state index contributed by atoms with van der Waals surface area (Å²) >= 11 is 1.75. The molecule has 2 aliphatic rings. The zero-order valence-corrected chi connectivity index (χ0v) is 16.1. The summed E-state index contributed by atoms with van der Waals surface area (Å²) in [5, 5.41) is 2.09.